The van der Waals surface area contributed by atoms with Crippen LogP contribution >= 0.6 is 0 Å². The van der Waals surface area contributed by atoms with E-state index in [1.807, 2.05) is 4.90 Å². The topological polar surface area (TPSA) is 62.1 Å². The molecule has 1 aliphatic heterocycles. The highest BCUT2D eigenvalue weighted by atomic mass is 16.5. The minimum atomic E-state index is -0.0486. The van der Waals surface area contributed by atoms with Crippen LogP contribution in [0.2, 0.25) is 0 Å². The summed E-state index contributed by atoms with van der Waals surface area (Å²) in [7, 11) is 0. The molecule has 0 radical (unpaired) electrons. The van der Waals surface area contributed by atoms with Gasteiger partial charge >= 0.3 is 0 Å². The van der Waals surface area contributed by atoms with Crippen molar-refractivity contribution in [1.29, 1.82) is 0 Å². The Kier molecular flexibility index (Phi) is 3.22. The molecule has 3 heterocycles. The monoisotopic (exact) mass is 309 g/mol. The Labute approximate surface area is 134 Å². The zero-order valence-corrected chi connectivity index (χ0v) is 13.3. The van der Waals surface area contributed by atoms with Crippen molar-refractivity contribution in [2.75, 3.05) is 13.1 Å². The highest BCUT2D eigenvalue weighted by molar-refractivity contribution is 5.92. The maximum Gasteiger partial charge on any atom is 0.276 e. The summed E-state index contributed by atoms with van der Waals surface area (Å²) in [6.07, 6.45) is 1.70. The minimum absolute atomic E-state index is 0.0486. The van der Waals surface area contributed by atoms with Crippen LogP contribution in [-0.4, -0.2) is 34.0 Å². The third-order valence-corrected chi connectivity index (χ3v) is 4.55. The summed E-state index contributed by atoms with van der Waals surface area (Å²) in [5.74, 6) is 0.613. The number of carbonyl (C=O) groups is 1. The second kappa shape index (κ2) is 5.26. The lowest BCUT2D eigenvalue weighted by Crippen LogP contribution is -2.33. The van der Waals surface area contributed by atoms with E-state index >= 15 is 0 Å². The van der Waals surface area contributed by atoms with Crippen molar-refractivity contribution < 1.29 is 9.32 Å². The van der Waals surface area contributed by atoms with E-state index in [0.717, 1.165) is 12.8 Å². The highest BCUT2D eigenvalue weighted by Gasteiger charge is 2.24. The smallest absolute Gasteiger partial charge is 0.276 e. The fourth-order valence-corrected chi connectivity index (χ4v) is 3.35. The zero-order chi connectivity index (χ0) is 16.0. The van der Waals surface area contributed by atoms with E-state index in [1.54, 1.807) is 13.0 Å². The quantitative estimate of drug-likeness (QED) is 0.751. The summed E-state index contributed by atoms with van der Waals surface area (Å²) >= 11 is 0. The summed E-state index contributed by atoms with van der Waals surface area (Å²) in [5.41, 5.74) is 5.43. The number of fused-ring (bicyclic) bond motifs is 3. The molecule has 5 nitrogen and oxygen atoms in total. The van der Waals surface area contributed by atoms with Crippen LogP contribution in [0.15, 0.2) is 28.8 Å². The molecule has 1 amide bonds. The maximum absolute atomic E-state index is 12.5. The van der Waals surface area contributed by atoms with Gasteiger partial charge in [-0.3, -0.25) is 4.79 Å². The number of H-pyrrole nitrogens is 1. The van der Waals surface area contributed by atoms with Gasteiger partial charge in [0.15, 0.2) is 5.69 Å². The van der Waals surface area contributed by atoms with Gasteiger partial charge in [-0.15, -0.1) is 0 Å². The van der Waals surface area contributed by atoms with Crippen LogP contribution in [-0.2, 0) is 12.8 Å². The number of benzene rings is 1. The van der Waals surface area contributed by atoms with Crippen molar-refractivity contribution >= 4 is 16.8 Å². The largest absolute Gasteiger partial charge is 0.361 e. The summed E-state index contributed by atoms with van der Waals surface area (Å²) in [6.45, 7) is 5.31. The van der Waals surface area contributed by atoms with Gasteiger partial charge in [0.05, 0.1) is 0 Å². The van der Waals surface area contributed by atoms with E-state index in [2.05, 4.69) is 35.3 Å². The number of aryl methyl sites for hydroxylation is 2. The Morgan fingerprint density at radius 1 is 1.22 bits per heavy atom. The van der Waals surface area contributed by atoms with E-state index in [9.17, 15) is 4.79 Å². The zero-order valence-electron chi connectivity index (χ0n) is 13.3. The van der Waals surface area contributed by atoms with Gasteiger partial charge in [0, 0.05) is 42.2 Å². The van der Waals surface area contributed by atoms with Crippen LogP contribution in [0, 0.1) is 13.8 Å². The third-order valence-electron chi connectivity index (χ3n) is 4.55. The van der Waals surface area contributed by atoms with Crippen molar-refractivity contribution in [3.63, 3.8) is 0 Å². The molecule has 118 valence electrons. The fourth-order valence-electron chi connectivity index (χ4n) is 3.35. The first kappa shape index (κ1) is 14.1. The van der Waals surface area contributed by atoms with Crippen molar-refractivity contribution in [2.24, 2.45) is 0 Å². The number of carbonyl (C=O) groups excluding carboxylic acids is 1. The first-order valence-electron chi connectivity index (χ1n) is 7.94. The number of nitrogens with one attached hydrogen (secondary N) is 1. The molecule has 0 atom stereocenters. The Balaban J connectivity index is 1.61. The van der Waals surface area contributed by atoms with E-state index in [1.165, 1.54) is 27.7 Å². The number of aromatic nitrogens is 2. The summed E-state index contributed by atoms with van der Waals surface area (Å²) in [4.78, 5) is 17.9. The average molecular weight is 309 g/mol. The molecule has 3 aromatic rings. The Morgan fingerprint density at radius 3 is 2.83 bits per heavy atom. The van der Waals surface area contributed by atoms with Gasteiger partial charge < -0.3 is 14.4 Å². The van der Waals surface area contributed by atoms with Gasteiger partial charge in [-0.05, 0) is 38.0 Å². The predicted octanol–water partition coefficient (Wildman–Crippen LogP) is 3.01. The first-order chi connectivity index (χ1) is 11.1. The van der Waals surface area contributed by atoms with Crippen LogP contribution in [0.25, 0.3) is 10.9 Å². The van der Waals surface area contributed by atoms with Crippen molar-refractivity contribution in [3.05, 3.63) is 52.5 Å². The van der Waals surface area contributed by atoms with Gasteiger partial charge in [-0.1, -0.05) is 16.8 Å². The molecular formula is C18H19N3O2. The molecule has 2 aromatic heterocycles. The summed E-state index contributed by atoms with van der Waals surface area (Å²) in [6, 6.07) is 8.19. The number of rotatable bonds is 1. The van der Waals surface area contributed by atoms with Crippen LogP contribution < -0.4 is 0 Å². The second-order valence-electron chi connectivity index (χ2n) is 6.25. The second-order valence-corrected chi connectivity index (χ2v) is 6.25. The normalized spacial score (nSPS) is 14.8. The first-order valence-corrected chi connectivity index (χ1v) is 7.94. The van der Waals surface area contributed by atoms with Gasteiger partial charge in [0.25, 0.3) is 5.91 Å². The summed E-state index contributed by atoms with van der Waals surface area (Å²) in [5, 5.41) is 5.13. The molecule has 23 heavy (non-hydrogen) atoms. The van der Waals surface area contributed by atoms with Crippen molar-refractivity contribution in [1.82, 2.24) is 15.0 Å². The molecule has 0 fully saturated rings. The lowest BCUT2D eigenvalue weighted by atomic mass is 10.1. The average Bonchev–Trinajstić information content (AvgIpc) is 3.04. The fraction of sp³-hybridized carbons (Fsp3) is 0.333. The Morgan fingerprint density at radius 2 is 2.04 bits per heavy atom. The third kappa shape index (κ3) is 2.42. The maximum atomic E-state index is 12.5. The van der Waals surface area contributed by atoms with Gasteiger partial charge in [-0.25, -0.2) is 0 Å². The number of amides is 1. The molecule has 1 N–H and O–H groups in total. The van der Waals surface area contributed by atoms with Gasteiger partial charge in [0.2, 0.25) is 0 Å². The van der Waals surface area contributed by atoms with Crippen molar-refractivity contribution in [3.8, 4) is 0 Å². The molecule has 0 aliphatic carbocycles. The number of aromatic amines is 1. The van der Waals surface area contributed by atoms with E-state index in [0.29, 0.717) is 24.5 Å². The van der Waals surface area contributed by atoms with Crippen LogP contribution in [0.4, 0.5) is 0 Å². The molecule has 0 saturated carbocycles. The molecular weight excluding hydrogens is 290 g/mol. The lowest BCUT2D eigenvalue weighted by molar-refractivity contribution is 0.0752. The molecule has 1 aliphatic rings. The SMILES string of the molecule is Cc1ccc2[nH]c3c(c2c1)CCN(C(=O)c1cc(C)on1)CC3. The van der Waals surface area contributed by atoms with E-state index < -0.39 is 0 Å². The molecule has 0 spiro atoms. The minimum Gasteiger partial charge on any atom is -0.361 e. The number of hydrogen-bond donors (Lipinski definition) is 1. The highest BCUT2D eigenvalue weighted by Crippen LogP contribution is 2.27. The summed E-state index contributed by atoms with van der Waals surface area (Å²) < 4.78 is 5.02. The molecule has 1 aromatic carbocycles. The predicted molar refractivity (Wildman–Crippen MR) is 87.6 cm³/mol. The van der Waals surface area contributed by atoms with Gasteiger partial charge in [0.1, 0.15) is 5.76 Å². The van der Waals surface area contributed by atoms with Crippen LogP contribution in [0.3, 0.4) is 0 Å². The molecule has 0 bridgehead atoms. The number of nitrogens with zero attached hydrogens (tertiary/aromatic N) is 2. The number of hydrogen-bond acceptors (Lipinski definition) is 3. The van der Waals surface area contributed by atoms with E-state index in [4.69, 9.17) is 4.52 Å². The van der Waals surface area contributed by atoms with Crippen molar-refractivity contribution in [2.45, 2.75) is 26.7 Å². The Bertz CT molecular complexity index is 891. The Hall–Kier alpha value is -2.56. The molecule has 0 unspecified atom stereocenters. The standard InChI is InChI=1S/C18H19N3O2/c1-11-3-4-15-14(9-11)13-5-7-21(8-6-16(13)19-15)18(22)17-10-12(2)23-20-17/h3-4,9-10,19H,5-8H2,1-2H3. The molecule has 5 heteroatoms. The van der Waals surface area contributed by atoms with Crippen LogP contribution in [0.1, 0.15) is 33.1 Å². The van der Waals surface area contributed by atoms with Gasteiger partial charge in [-0.2, -0.15) is 0 Å². The van der Waals surface area contributed by atoms with Crippen LogP contribution in [0.5, 0.6) is 0 Å². The molecule has 4 rings (SSSR count). The molecule has 0 saturated heterocycles. The van der Waals surface area contributed by atoms with E-state index in [-0.39, 0.29) is 5.91 Å². The lowest BCUT2D eigenvalue weighted by Gasteiger charge is -2.18.